The fourth-order valence-corrected chi connectivity index (χ4v) is 13.3. The lowest BCUT2D eigenvalue weighted by Crippen LogP contribution is -2.40. The number of nitrogens with one attached hydrogen (secondary N) is 1. The Kier molecular flexibility index (Phi) is 19.8. The van der Waals surface area contributed by atoms with Gasteiger partial charge in [-0.3, -0.25) is 44.0 Å². The van der Waals surface area contributed by atoms with Gasteiger partial charge in [0, 0.05) is 52.9 Å². The van der Waals surface area contributed by atoms with Gasteiger partial charge in [0.05, 0.1) is 49.5 Å². The van der Waals surface area contributed by atoms with Crippen LogP contribution in [0.25, 0.3) is 11.2 Å². The summed E-state index contributed by atoms with van der Waals surface area (Å²) in [5.74, 6) is 0.269. The number of hydrogen-bond acceptors (Lipinski definition) is 18. The number of carbonyl (C=O) groups excluding carboxylic acids is 2. The number of thioether (sulfide) groups is 1. The predicted molar refractivity (Wildman–Crippen MR) is 313 cm³/mol. The molecule has 1 N–H and O–H groups in total. The van der Waals surface area contributed by atoms with E-state index in [4.69, 9.17) is 32.7 Å². The lowest BCUT2D eigenvalue weighted by atomic mass is 9.80. The van der Waals surface area contributed by atoms with E-state index in [0.717, 1.165) is 28.5 Å². The Bertz CT molecular complexity index is 3320. The van der Waals surface area contributed by atoms with E-state index in [1.807, 2.05) is 127 Å². The third-order valence-corrected chi connectivity index (χ3v) is 17.7. The first-order chi connectivity index (χ1) is 39.7. The minimum Gasteiger partial charge on any atom is -0.497 e. The molecule has 1 saturated heterocycles. The molecule has 0 spiro atoms. The van der Waals surface area contributed by atoms with Gasteiger partial charge in [-0.25, -0.2) is 29.0 Å². The number of nitro groups is 2. The van der Waals surface area contributed by atoms with Crippen molar-refractivity contribution in [3.8, 4) is 11.5 Å². The molecular formula is C59H67N8O14PS. The van der Waals surface area contributed by atoms with Crippen LogP contribution >= 0.6 is 19.5 Å². The molecule has 0 radical (unpaired) electrons. The molecule has 1 fully saturated rings. The molecule has 4 atom stereocenters. The smallest absolute Gasteiger partial charge is 0.412 e. The van der Waals surface area contributed by atoms with Crippen LogP contribution < -0.4 is 14.8 Å². The Morgan fingerprint density at radius 3 is 1.86 bits per heavy atom. The topological polar surface area (TPSA) is 261 Å². The van der Waals surface area contributed by atoms with Gasteiger partial charge in [-0.2, -0.15) is 0 Å². The van der Waals surface area contributed by atoms with E-state index in [9.17, 15) is 29.8 Å². The third-order valence-electron chi connectivity index (χ3n) is 13.9. The van der Waals surface area contributed by atoms with Gasteiger partial charge in [-0.1, -0.05) is 124 Å². The van der Waals surface area contributed by atoms with Gasteiger partial charge in [0.1, 0.15) is 48.5 Å². The van der Waals surface area contributed by atoms with Crippen LogP contribution in [-0.2, 0) is 38.2 Å². The minimum atomic E-state index is -4.26. The Hall–Kier alpha value is -7.63. The summed E-state index contributed by atoms with van der Waals surface area (Å²) in [6.45, 7) is 12.3. The second-order valence-electron chi connectivity index (χ2n) is 21.0. The summed E-state index contributed by atoms with van der Waals surface area (Å²) >= 11 is 1.09. The van der Waals surface area contributed by atoms with Crippen LogP contribution in [0.4, 0.5) is 22.0 Å². The molecule has 3 heterocycles. The summed E-state index contributed by atoms with van der Waals surface area (Å²) < 4.78 is 63.5. The van der Waals surface area contributed by atoms with Crippen molar-refractivity contribution in [2.75, 3.05) is 45.1 Å². The van der Waals surface area contributed by atoms with Crippen LogP contribution in [0.3, 0.4) is 0 Å². The maximum Gasteiger partial charge on any atom is 0.412 e. The number of nitro benzene ring substituents is 2. The average molecular weight is 1180 g/mol. The van der Waals surface area contributed by atoms with E-state index in [1.165, 1.54) is 49.1 Å². The number of benzene rings is 5. The number of para-hydroxylation sites is 2. The molecule has 0 bridgehead atoms. The maximum atomic E-state index is 15.7. The predicted octanol–water partition coefficient (Wildman–Crippen LogP) is 12.3. The van der Waals surface area contributed by atoms with E-state index in [2.05, 4.69) is 20.3 Å². The molecule has 1 amide bonds. The molecule has 7 aromatic rings. The highest BCUT2D eigenvalue weighted by molar-refractivity contribution is 8.13. The number of methoxy groups -OCH3 is 2. The lowest BCUT2D eigenvalue weighted by Gasteiger charge is -2.39. The molecule has 1 aliphatic rings. The van der Waals surface area contributed by atoms with E-state index in [-0.39, 0.29) is 82.1 Å². The number of hydrogen-bond donors (Lipinski definition) is 1. The van der Waals surface area contributed by atoms with Crippen LogP contribution in [0, 0.1) is 25.6 Å². The van der Waals surface area contributed by atoms with Crippen LogP contribution in [0.5, 0.6) is 11.5 Å². The van der Waals surface area contributed by atoms with Crippen molar-refractivity contribution < 1.29 is 56.7 Å². The quantitative estimate of drug-likeness (QED) is 0.0183. The van der Waals surface area contributed by atoms with Gasteiger partial charge in [-0.05, 0) is 68.7 Å². The van der Waals surface area contributed by atoms with Crippen LogP contribution in [0.2, 0.25) is 0 Å². The zero-order valence-electron chi connectivity index (χ0n) is 47.5. The van der Waals surface area contributed by atoms with Gasteiger partial charge >= 0.3 is 13.8 Å². The van der Waals surface area contributed by atoms with Crippen molar-refractivity contribution in [1.82, 2.24) is 24.2 Å². The van der Waals surface area contributed by atoms with Gasteiger partial charge in [-0.15, -0.1) is 0 Å². The molecule has 83 heavy (non-hydrogen) atoms. The van der Waals surface area contributed by atoms with E-state index in [0.29, 0.717) is 11.5 Å². The molecule has 0 aliphatic carbocycles. The SMILES string of the molecule is COc1ccc(C(OC[C@H]2O[C@@H](n3cnc4c(NC(=O)OCC(c5ccccc5[N+](=O)[O-])c5ccccc5[N+](=O)[O-])ncnc43)C[C@@H]2OP(=O)(OCCSC(=O)C(C)(C)C)N(C(C)C)C(C)C)(c2ccccc2)c2ccc(OC)cc2)cc1. The number of ether oxygens (including phenoxy) is 5. The Morgan fingerprint density at radius 2 is 1.33 bits per heavy atom. The number of fused-ring (bicyclic) bond motifs is 1. The number of amides is 1. The molecule has 0 saturated carbocycles. The lowest BCUT2D eigenvalue weighted by molar-refractivity contribution is -0.386. The summed E-state index contributed by atoms with van der Waals surface area (Å²) in [6.07, 6.45) is -1.25. The summed E-state index contributed by atoms with van der Waals surface area (Å²) in [4.78, 5) is 63.4. The van der Waals surface area contributed by atoms with E-state index < -0.39 is 65.7 Å². The average Bonchev–Trinajstić information content (AvgIpc) is 3.29. The second kappa shape index (κ2) is 26.7. The molecule has 2 aromatic heterocycles. The first kappa shape index (κ1) is 61.4. The van der Waals surface area contributed by atoms with Crippen molar-refractivity contribution in [2.45, 2.75) is 96.9 Å². The largest absolute Gasteiger partial charge is 0.497 e. The van der Waals surface area contributed by atoms with Crippen molar-refractivity contribution in [2.24, 2.45) is 5.41 Å². The summed E-state index contributed by atoms with van der Waals surface area (Å²) in [6, 6.07) is 35.6. The molecule has 24 heteroatoms. The van der Waals surface area contributed by atoms with Gasteiger partial charge < -0.3 is 23.7 Å². The van der Waals surface area contributed by atoms with Crippen molar-refractivity contribution in [3.05, 3.63) is 188 Å². The number of imidazole rings is 1. The number of nitrogens with zero attached hydrogens (tertiary/aromatic N) is 7. The number of carbonyl (C=O) groups is 2. The molecule has 438 valence electrons. The van der Waals surface area contributed by atoms with Gasteiger partial charge in [0.25, 0.3) is 11.4 Å². The number of anilines is 1. The molecular weight excluding hydrogens is 1110 g/mol. The van der Waals surface area contributed by atoms with Crippen molar-refractivity contribution >= 4 is 59.1 Å². The second-order valence-corrected chi connectivity index (χ2v) is 24.0. The Labute approximate surface area is 485 Å². The van der Waals surface area contributed by atoms with Crippen molar-refractivity contribution in [1.29, 1.82) is 0 Å². The summed E-state index contributed by atoms with van der Waals surface area (Å²) in [5, 5.41) is 26.9. The molecule has 22 nitrogen and oxygen atoms in total. The zero-order chi connectivity index (χ0) is 59.6. The highest BCUT2D eigenvalue weighted by atomic mass is 32.2. The summed E-state index contributed by atoms with van der Waals surface area (Å²) in [7, 11) is -1.08. The number of aromatic nitrogens is 4. The Balaban J connectivity index is 1.15. The first-order valence-corrected chi connectivity index (χ1v) is 29.3. The number of rotatable bonds is 25. The van der Waals surface area contributed by atoms with Gasteiger partial charge in [0.2, 0.25) is 0 Å². The van der Waals surface area contributed by atoms with E-state index >= 15 is 4.57 Å². The highest BCUT2D eigenvalue weighted by Gasteiger charge is 2.48. The van der Waals surface area contributed by atoms with Crippen LogP contribution in [0.1, 0.15) is 94.9 Å². The monoisotopic (exact) mass is 1170 g/mol. The summed E-state index contributed by atoms with van der Waals surface area (Å²) in [5.41, 5.74) is 0.220. The zero-order valence-corrected chi connectivity index (χ0v) is 49.2. The first-order valence-electron chi connectivity index (χ1n) is 26.8. The third kappa shape index (κ3) is 13.9. The molecule has 1 unspecified atom stereocenters. The Morgan fingerprint density at radius 1 is 0.783 bits per heavy atom. The fourth-order valence-electron chi connectivity index (χ4n) is 10.1. The molecule has 5 aromatic carbocycles. The normalized spacial score (nSPS) is 16.3. The van der Waals surface area contributed by atoms with Crippen LogP contribution in [-0.4, -0.2) is 109 Å². The van der Waals surface area contributed by atoms with E-state index in [1.54, 1.807) is 35.6 Å². The minimum absolute atomic E-state index is 0.0466. The fraction of sp³-hybridized carbons (Fsp3) is 0.373. The maximum absolute atomic E-state index is 15.7. The molecule has 1 aliphatic heterocycles. The molecule has 8 rings (SSSR count). The highest BCUT2D eigenvalue weighted by Crippen LogP contribution is 2.58. The van der Waals surface area contributed by atoms with Crippen molar-refractivity contribution in [3.63, 3.8) is 0 Å². The van der Waals surface area contributed by atoms with Crippen LogP contribution in [0.15, 0.2) is 140 Å². The van der Waals surface area contributed by atoms with Gasteiger partial charge in [0.15, 0.2) is 22.1 Å². The standard InChI is InChI=1S/C59H67N8O14PS/c1-38(2)65(39(3)4)82(74,79-31-32-83-56(68)58(5,6)7)81-50-33-52(80-51(50)35-78-59(40-17-11-10-12-18-40,41-23-27-43(75-8)28-24-41)42-25-29-44(76-9)30-26-42)64-37-62-53-54(60-36-61-55(53)64)63-57(69)77-34-47(45-19-13-15-21-48(45)66(70)71)46-20-14-16-22-49(46)67(72)73/h10-30,36-39,47,50-52H,31-35H2,1-9H3,(H,60,61,63,69)/t50-,51+,52+,82?/m0/s1.